The molecule has 1 aliphatic carbocycles. The summed E-state index contributed by atoms with van der Waals surface area (Å²) in [5.41, 5.74) is 4.40. The van der Waals surface area contributed by atoms with E-state index in [1.807, 2.05) is 23.0 Å². The molecule has 0 saturated heterocycles. The highest BCUT2D eigenvalue weighted by Gasteiger charge is 2.30. The van der Waals surface area contributed by atoms with Gasteiger partial charge in [-0.3, -0.25) is 0 Å². The molecular formula is C21H17F3N4. The van der Waals surface area contributed by atoms with Crippen LogP contribution in [0.3, 0.4) is 0 Å². The minimum atomic E-state index is -4.34. The number of benzene rings is 1. The van der Waals surface area contributed by atoms with Gasteiger partial charge in [-0.15, -0.1) is 5.10 Å². The van der Waals surface area contributed by atoms with E-state index in [9.17, 15) is 13.2 Å². The van der Waals surface area contributed by atoms with Crippen LogP contribution in [-0.2, 0) is 19.0 Å². The largest absolute Gasteiger partial charge is 0.416 e. The summed E-state index contributed by atoms with van der Waals surface area (Å²) in [5.74, 6) is 0. The molecule has 4 nitrogen and oxygen atoms in total. The second kappa shape index (κ2) is 6.22. The van der Waals surface area contributed by atoms with Crippen LogP contribution < -0.4 is 0 Å². The first kappa shape index (κ1) is 17.0. The van der Waals surface area contributed by atoms with Gasteiger partial charge in [0.2, 0.25) is 0 Å². The van der Waals surface area contributed by atoms with Crippen molar-refractivity contribution in [3.05, 3.63) is 77.7 Å². The van der Waals surface area contributed by atoms with Crippen molar-refractivity contribution in [2.24, 2.45) is 0 Å². The summed E-state index contributed by atoms with van der Waals surface area (Å²) in [6.45, 7) is 0. The van der Waals surface area contributed by atoms with Gasteiger partial charge >= 0.3 is 6.18 Å². The minimum absolute atomic E-state index is 0.182. The summed E-state index contributed by atoms with van der Waals surface area (Å²) in [4.78, 5) is 0. The van der Waals surface area contributed by atoms with E-state index in [0.29, 0.717) is 11.3 Å². The molecule has 0 N–H and O–H groups in total. The second-order valence-corrected chi connectivity index (χ2v) is 7.17. The van der Waals surface area contributed by atoms with Gasteiger partial charge in [0.05, 0.1) is 17.8 Å². The Hall–Kier alpha value is -3.09. The standard InChI is InChI=1S/C21H17F3N4/c22-21(23,24)16-7-4-14(5-8-16)19-13-28(26-25-19)18-9-6-15-11-17-3-1-2-10-27(17)20(15)12-18/h1-5,7-8,10-11,13,18H,6,9,12H2. The number of halogens is 3. The molecule has 1 unspecified atom stereocenters. The normalized spacial score (nSPS) is 17.0. The summed E-state index contributed by atoms with van der Waals surface area (Å²) in [5, 5.41) is 8.44. The molecule has 7 heteroatoms. The maximum atomic E-state index is 12.7. The van der Waals surface area contributed by atoms with Gasteiger partial charge in [-0.25, -0.2) is 4.68 Å². The fourth-order valence-electron chi connectivity index (χ4n) is 3.97. The summed E-state index contributed by atoms with van der Waals surface area (Å²) in [7, 11) is 0. The van der Waals surface area contributed by atoms with Gasteiger partial charge < -0.3 is 4.40 Å². The lowest BCUT2D eigenvalue weighted by Crippen LogP contribution is -2.19. The van der Waals surface area contributed by atoms with Crippen molar-refractivity contribution in [3.63, 3.8) is 0 Å². The molecule has 28 heavy (non-hydrogen) atoms. The Morgan fingerprint density at radius 3 is 2.64 bits per heavy atom. The van der Waals surface area contributed by atoms with Crippen LogP contribution in [0.2, 0.25) is 0 Å². The van der Waals surface area contributed by atoms with Crippen LogP contribution in [-0.4, -0.2) is 19.4 Å². The van der Waals surface area contributed by atoms with Crippen LogP contribution in [0.25, 0.3) is 16.8 Å². The molecule has 142 valence electrons. The zero-order chi connectivity index (χ0) is 19.3. The van der Waals surface area contributed by atoms with Gasteiger partial charge in [0, 0.05) is 29.4 Å². The molecule has 3 aromatic heterocycles. The molecule has 0 amide bonds. The Labute approximate surface area is 159 Å². The maximum absolute atomic E-state index is 12.7. The number of pyridine rings is 1. The van der Waals surface area contributed by atoms with Crippen LogP contribution in [0.15, 0.2) is 60.9 Å². The first-order chi connectivity index (χ1) is 13.5. The fraction of sp³-hybridized carbons (Fsp3) is 0.238. The number of rotatable bonds is 2. The van der Waals surface area contributed by atoms with Gasteiger partial charge in [0.1, 0.15) is 5.69 Å². The third-order valence-corrected chi connectivity index (χ3v) is 5.44. The van der Waals surface area contributed by atoms with Crippen LogP contribution in [0, 0.1) is 0 Å². The molecule has 1 aliphatic rings. The molecule has 1 aromatic carbocycles. The van der Waals surface area contributed by atoms with Crippen LogP contribution in [0.5, 0.6) is 0 Å². The number of nitrogens with zero attached hydrogens (tertiary/aromatic N) is 4. The first-order valence-corrected chi connectivity index (χ1v) is 9.16. The molecule has 0 aliphatic heterocycles. The van der Waals surface area contributed by atoms with Crippen LogP contribution in [0.1, 0.15) is 29.3 Å². The molecule has 0 radical (unpaired) electrons. The Morgan fingerprint density at radius 2 is 1.86 bits per heavy atom. The van der Waals surface area contributed by atoms with Gasteiger partial charge in [-0.1, -0.05) is 23.4 Å². The van der Waals surface area contributed by atoms with E-state index >= 15 is 0 Å². The van der Waals surface area contributed by atoms with Gasteiger partial charge in [-0.2, -0.15) is 13.2 Å². The maximum Gasteiger partial charge on any atom is 0.416 e. The Kier molecular flexibility index (Phi) is 3.79. The van der Waals surface area contributed by atoms with Gasteiger partial charge in [0.15, 0.2) is 0 Å². The minimum Gasteiger partial charge on any atom is -0.321 e. The van der Waals surface area contributed by atoms with E-state index < -0.39 is 11.7 Å². The van der Waals surface area contributed by atoms with Crippen LogP contribution >= 0.6 is 0 Å². The van der Waals surface area contributed by atoms with Crippen molar-refractivity contribution in [3.8, 4) is 11.3 Å². The average Bonchev–Trinajstić information content (AvgIpc) is 3.32. The highest BCUT2D eigenvalue weighted by atomic mass is 19.4. The van der Waals surface area contributed by atoms with E-state index in [-0.39, 0.29) is 6.04 Å². The number of alkyl halides is 3. The molecule has 0 bridgehead atoms. The highest BCUT2D eigenvalue weighted by Crippen LogP contribution is 2.33. The zero-order valence-corrected chi connectivity index (χ0v) is 14.9. The van der Waals surface area contributed by atoms with Crippen molar-refractivity contribution in [2.75, 3.05) is 0 Å². The summed E-state index contributed by atoms with van der Waals surface area (Å²) in [6, 6.07) is 13.6. The van der Waals surface area contributed by atoms with Gasteiger partial charge in [-0.05, 0) is 48.7 Å². The Balaban J connectivity index is 1.41. The lowest BCUT2D eigenvalue weighted by atomic mass is 9.93. The molecular weight excluding hydrogens is 365 g/mol. The summed E-state index contributed by atoms with van der Waals surface area (Å²) < 4.78 is 42.3. The number of hydrogen-bond acceptors (Lipinski definition) is 2. The van der Waals surface area contributed by atoms with Crippen molar-refractivity contribution < 1.29 is 13.2 Å². The number of aryl methyl sites for hydroxylation is 1. The number of hydrogen-bond donors (Lipinski definition) is 0. The first-order valence-electron chi connectivity index (χ1n) is 9.16. The Bertz CT molecular complexity index is 1140. The molecule has 1 atom stereocenters. The molecule has 0 saturated carbocycles. The van der Waals surface area contributed by atoms with Crippen LogP contribution in [0.4, 0.5) is 13.2 Å². The number of aromatic nitrogens is 4. The topological polar surface area (TPSA) is 35.1 Å². The molecule has 5 rings (SSSR count). The van der Waals surface area contributed by atoms with Gasteiger partial charge in [0.25, 0.3) is 0 Å². The monoisotopic (exact) mass is 382 g/mol. The quantitative estimate of drug-likeness (QED) is 0.492. The SMILES string of the molecule is FC(F)(F)c1ccc(-c2cn(C3CCc4cc5ccccn5c4C3)nn2)cc1. The highest BCUT2D eigenvalue weighted by molar-refractivity contribution is 5.58. The van der Waals surface area contributed by atoms with E-state index in [4.69, 9.17) is 0 Å². The van der Waals surface area contributed by atoms with E-state index in [1.54, 1.807) is 0 Å². The molecule has 4 aromatic rings. The summed E-state index contributed by atoms with van der Waals surface area (Å²) >= 11 is 0. The van der Waals surface area contributed by atoms with E-state index in [1.165, 1.54) is 28.9 Å². The van der Waals surface area contributed by atoms with Crippen molar-refractivity contribution in [1.29, 1.82) is 0 Å². The molecule has 0 fully saturated rings. The zero-order valence-electron chi connectivity index (χ0n) is 14.9. The van der Waals surface area contributed by atoms with Crippen molar-refractivity contribution >= 4 is 5.52 Å². The third kappa shape index (κ3) is 2.87. The van der Waals surface area contributed by atoms with Crippen molar-refractivity contribution in [1.82, 2.24) is 19.4 Å². The predicted molar refractivity (Wildman–Crippen MR) is 98.9 cm³/mol. The fourth-order valence-corrected chi connectivity index (χ4v) is 3.97. The average molecular weight is 382 g/mol. The van der Waals surface area contributed by atoms with E-state index in [0.717, 1.165) is 31.4 Å². The second-order valence-electron chi connectivity index (χ2n) is 7.17. The number of fused-ring (bicyclic) bond motifs is 3. The lowest BCUT2D eigenvalue weighted by Gasteiger charge is -2.22. The lowest BCUT2D eigenvalue weighted by molar-refractivity contribution is -0.137. The smallest absolute Gasteiger partial charge is 0.321 e. The van der Waals surface area contributed by atoms with Crippen molar-refractivity contribution in [2.45, 2.75) is 31.5 Å². The summed E-state index contributed by atoms with van der Waals surface area (Å²) in [6.07, 6.45) is 2.34. The Morgan fingerprint density at radius 1 is 1.04 bits per heavy atom. The molecule has 0 spiro atoms. The predicted octanol–water partition coefficient (Wildman–Crippen LogP) is 4.95. The van der Waals surface area contributed by atoms with E-state index in [2.05, 4.69) is 33.0 Å². The molecule has 3 heterocycles. The third-order valence-electron chi connectivity index (χ3n) is 5.44.